The molecule has 1 saturated heterocycles. The number of aromatic nitrogens is 2. The van der Waals surface area contributed by atoms with E-state index in [-0.39, 0.29) is 6.54 Å². The van der Waals surface area contributed by atoms with Crippen LogP contribution in [0, 0.1) is 5.92 Å². The first-order valence-electron chi connectivity index (χ1n) is 7.55. The van der Waals surface area contributed by atoms with Crippen molar-refractivity contribution in [1.29, 1.82) is 0 Å². The lowest BCUT2D eigenvalue weighted by Crippen LogP contribution is -2.45. The number of rotatable bonds is 8. The molecule has 0 radical (unpaired) electrons. The van der Waals surface area contributed by atoms with Crippen LogP contribution in [0.4, 0.5) is 0 Å². The van der Waals surface area contributed by atoms with Gasteiger partial charge in [0.05, 0.1) is 6.20 Å². The van der Waals surface area contributed by atoms with Crippen LogP contribution in [0.3, 0.4) is 0 Å². The van der Waals surface area contributed by atoms with Crippen LogP contribution in [0.2, 0.25) is 0 Å². The number of nitrogens with zero attached hydrogens (tertiary/aromatic N) is 2. The molecule has 8 heteroatoms. The van der Waals surface area contributed by atoms with Gasteiger partial charge < -0.3 is 5.32 Å². The van der Waals surface area contributed by atoms with Crippen LogP contribution in [-0.4, -0.2) is 49.1 Å². The van der Waals surface area contributed by atoms with E-state index in [1.54, 1.807) is 16.7 Å². The van der Waals surface area contributed by atoms with Crippen molar-refractivity contribution in [2.24, 2.45) is 5.92 Å². The van der Waals surface area contributed by atoms with E-state index in [1.807, 2.05) is 0 Å². The summed E-state index contributed by atoms with van der Waals surface area (Å²) < 4.78 is 28.6. The molecule has 1 fully saturated rings. The topological polar surface area (TPSA) is 90.1 Å². The molecule has 0 spiro atoms. The number of hydrogen-bond donors (Lipinski definition) is 3. The van der Waals surface area contributed by atoms with Gasteiger partial charge in [-0.3, -0.25) is 5.10 Å². The largest absolute Gasteiger partial charge is 0.316 e. The Labute approximate surface area is 126 Å². The maximum Gasteiger partial charge on any atom is 0.279 e. The standard InChI is InChI=1S/C13H25N5O2S/c1-2-5-14-8-12-3-6-18(7-4-12)21(19,20)17-11-13-9-15-16-10-13/h9-10,12,14,17H,2-8,11H2,1H3,(H,15,16). The van der Waals surface area contributed by atoms with Gasteiger partial charge in [-0.2, -0.15) is 22.5 Å². The van der Waals surface area contributed by atoms with E-state index in [2.05, 4.69) is 27.2 Å². The SMILES string of the molecule is CCCNCC1CCN(S(=O)(=O)NCc2cn[nH]c2)CC1. The van der Waals surface area contributed by atoms with E-state index < -0.39 is 10.2 Å². The Morgan fingerprint density at radius 2 is 2.19 bits per heavy atom. The summed E-state index contributed by atoms with van der Waals surface area (Å²) in [6, 6.07) is 0. The van der Waals surface area contributed by atoms with E-state index in [4.69, 9.17) is 0 Å². The first-order valence-corrected chi connectivity index (χ1v) is 8.99. The average Bonchev–Trinajstić information content (AvgIpc) is 3.00. The fourth-order valence-corrected chi connectivity index (χ4v) is 3.70. The van der Waals surface area contributed by atoms with Crippen LogP contribution < -0.4 is 10.0 Å². The van der Waals surface area contributed by atoms with Crippen molar-refractivity contribution in [3.8, 4) is 0 Å². The summed E-state index contributed by atoms with van der Waals surface area (Å²) in [7, 11) is -3.39. The second kappa shape index (κ2) is 7.88. The van der Waals surface area contributed by atoms with Gasteiger partial charge in [0.15, 0.2) is 0 Å². The van der Waals surface area contributed by atoms with Crippen molar-refractivity contribution >= 4 is 10.2 Å². The van der Waals surface area contributed by atoms with Gasteiger partial charge >= 0.3 is 0 Å². The van der Waals surface area contributed by atoms with Gasteiger partial charge in [0.2, 0.25) is 0 Å². The summed E-state index contributed by atoms with van der Waals surface area (Å²) >= 11 is 0. The number of H-pyrrole nitrogens is 1. The lowest BCUT2D eigenvalue weighted by Gasteiger charge is -2.31. The Morgan fingerprint density at radius 3 is 2.81 bits per heavy atom. The molecular formula is C13H25N5O2S. The Balaban J connectivity index is 1.75. The molecular weight excluding hydrogens is 290 g/mol. The predicted octanol–water partition coefficient (Wildman–Crippen LogP) is 0.456. The van der Waals surface area contributed by atoms with Gasteiger partial charge in [-0.25, -0.2) is 0 Å². The van der Waals surface area contributed by atoms with Crippen molar-refractivity contribution < 1.29 is 8.42 Å². The number of nitrogens with one attached hydrogen (secondary N) is 3. The van der Waals surface area contributed by atoms with Gasteiger partial charge in [-0.15, -0.1) is 0 Å². The Bertz CT molecular complexity index is 495. The second-order valence-corrected chi connectivity index (χ2v) is 7.23. The van der Waals surface area contributed by atoms with Gasteiger partial charge in [0.25, 0.3) is 10.2 Å². The quantitative estimate of drug-likeness (QED) is 0.608. The molecule has 0 saturated carbocycles. The van der Waals surface area contributed by atoms with Crippen LogP contribution in [-0.2, 0) is 16.8 Å². The van der Waals surface area contributed by atoms with Crippen molar-refractivity contribution in [3.05, 3.63) is 18.0 Å². The molecule has 0 unspecified atom stereocenters. The fourth-order valence-electron chi connectivity index (χ4n) is 2.48. The highest BCUT2D eigenvalue weighted by atomic mass is 32.2. The molecule has 3 N–H and O–H groups in total. The first kappa shape index (κ1) is 16.4. The van der Waals surface area contributed by atoms with Crippen molar-refractivity contribution in [1.82, 2.24) is 24.5 Å². The van der Waals surface area contributed by atoms with E-state index >= 15 is 0 Å². The minimum Gasteiger partial charge on any atom is -0.316 e. The van der Waals surface area contributed by atoms with Crippen LogP contribution >= 0.6 is 0 Å². The third-order valence-electron chi connectivity index (χ3n) is 3.79. The molecule has 0 aromatic carbocycles. The number of aromatic amines is 1. The maximum atomic E-state index is 12.2. The minimum absolute atomic E-state index is 0.275. The van der Waals surface area contributed by atoms with Crippen LogP contribution in [0.1, 0.15) is 31.7 Å². The molecule has 1 aliphatic rings. The second-order valence-electron chi connectivity index (χ2n) is 5.48. The fraction of sp³-hybridized carbons (Fsp3) is 0.769. The first-order chi connectivity index (χ1) is 10.1. The molecule has 1 aliphatic heterocycles. The van der Waals surface area contributed by atoms with E-state index in [0.717, 1.165) is 37.9 Å². The highest BCUT2D eigenvalue weighted by Gasteiger charge is 2.27. The summed E-state index contributed by atoms with van der Waals surface area (Å²) in [4.78, 5) is 0. The molecule has 2 heterocycles. The maximum absolute atomic E-state index is 12.2. The van der Waals surface area contributed by atoms with Crippen molar-refractivity contribution in [2.75, 3.05) is 26.2 Å². The smallest absolute Gasteiger partial charge is 0.279 e. The van der Waals surface area contributed by atoms with Crippen molar-refractivity contribution in [2.45, 2.75) is 32.7 Å². The zero-order valence-corrected chi connectivity index (χ0v) is 13.3. The summed E-state index contributed by atoms with van der Waals surface area (Å²) in [6.07, 6.45) is 6.28. The predicted molar refractivity (Wildman–Crippen MR) is 81.8 cm³/mol. The molecule has 120 valence electrons. The highest BCUT2D eigenvalue weighted by Crippen LogP contribution is 2.18. The molecule has 2 rings (SSSR count). The van der Waals surface area contributed by atoms with Gasteiger partial charge in [-0.05, 0) is 38.3 Å². The molecule has 21 heavy (non-hydrogen) atoms. The monoisotopic (exact) mass is 315 g/mol. The number of hydrogen-bond acceptors (Lipinski definition) is 4. The van der Waals surface area contributed by atoms with Crippen LogP contribution in [0.5, 0.6) is 0 Å². The van der Waals surface area contributed by atoms with Crippen LogP contribution in [0.15, 0.2) is 12.4 Å². The van der Waals surface area contributed by atoms with Crippen LogP contribution in [0.25, 0.3) is 0 Å². The van der Waals surface area contributed by atoms with Gasteiger partial charge in [0, 0.05) is 31.4 Å². The summed E-state index contributed by atoms with van der Waals surface area (Å²) in [5, 5.41) is 9.88. The lowest BCUT2D eigenvalue weighted by atomic mass is 9.98. The molecule has 1 aromatic heterocycles. The van der Waals surface area contributed by atoms with E-state index in [0.29, 0.717) is 19.0 Å². The number of piperidine rings is 1. The Morgan fingerprint density at radius 1 is 1.43 bits per heavy atom. The van der Waals surface area contributed by atoms with E-state index in [1.165, 1.54) is 0 Å². The van der Waals surface area contributed by atoms with E-state index in [9.17, 15) is 8.42 Å². The third kappa shape index (κ3) is 5.06. The molecule has 7 nitrogen and oxygen atoms in total. The summed E-state index contributed by atoms with van der Waals surface area (Å²) in [5.74, 6) is 0.580. The third-order valence-corrected chi connectivity index (χ3v) is 5.34. The zero-order valence-electron chi connectivity index (χ0n) is 12.5. The normalized spacial score (nSPS) is 18.1. The summed E-state index contributed by atoms with van der Waals surface area (Å²) in [6.45, 7) is 5.64. The van der Waals surface area contributed by atoms with Gasteiger partial charge in [-0.1, -0.05) is 6.92 Å². The molecule has 0 atom stereocenters. The minimum atomic E-state index is -3.39. The summed E-state index contributed by atoms with van der Waals surface area (Å²) in [5.41, 5.74) is 0.831. The lowest BCUT2D eigenvalue weighted by molar-refractivity contribution is 0.265. The molecule has 0 amide bonds. The average molecular weight is 315 g/mol. The molecule has 0 bridgehead atoms. The Hall–Kier alpha value is -0.960. The molecule has 1 aromatic rings. The van der Waals surface area contributed by atoms with Crippen molar-refractivity contribution in [3.63, 3.8) is 0 Å². The van der Waals surface area contributed by atoms with Gasteiger partial charge in [0.1, 0.15) is 0 Å². The Kier molecular flexibility index (Phi) is 6.16. The molecule has 0 aliphatic carbocycles. The highest BCUT2D eigenvalue weighted by molar-refractivity contribution is 7.87. The zero-order chi connectivity index (χ0) is 15.1.